The van der Waals surface area contributed by atoms with Crippen molar-refractivity contribution in [1.29, 1.82) is 0 Å². The number of benzene rings is 1. The molecule has 0 aromatic heterocycles. The molecular weight excluding hydrogens is 301 g/mol. The Labute approximate surface area is 135 Å². The maximum absolute atomic E-state index is 12.8. The van der Waals surface area contributed by atoms with E-state index in [2.05, 4.69) is 11.9 Å². The van der Waals surface area contributed by atoms with Crippen LogP contribution in [0.15, 0.2) is 36.9 Å². The van der Waals surface area contributed by atoms with Gasteiger partial charge in [0.2, 0.25) is 0 Å². The number of hydrogen-bond donors (Lipinski definition) is 1. The summed E-state index contributed by atoms with van der Waals surface area (Å²) in [5, 5.41) is 2.67. The van der Waals surface area contributed by atoms with E-state index in [0.29, 0.717) is 13.0 Å². The normalized spacial score (nSPS) is 13.0. The maximum Gasteiger partial charge on any atom is 0.335 e. The lowest BCUT2D eigenvalue weighted by Gasteiger charge is -2.16. The molecule has 126 valence electrons. The average Bonchev–Trinajstić information content (AvgIpc) is 2.54. The van der Waals surface area contributed by atoms with Crippen molar-refractivity contribution < 1.29 is 23.5 Å². The highest BCUT2D eigenvalue weighted by atomic mass is 19.1. The summed E-state index contributed by atoms with van der Waals surface area (Å²) >= 11 is 0. The SMILES string of the molecule is C=CCOC(C)C(=O)OC(C)C(=O)NCCc1ccc(F)cc1. The van der Waals surface area contributed by atoms with Gasteiger partial charge in [0.05, 0.1) is 6.61 Å². The van der Waals surface area contributed by atoms with Gasteiger partial charge < -0.3 is 14.8 Å². The number of halogens is 1. The van der Waals surface area contributed by atoms with E-state index in [-0.39, 0.29) is 12.4 Å². The smallest absolute Gasteiger partial charge is 0.335 e. The first-order valence-corrected chi connectivity index (χ1v) is 7.39. The van der Waals surface area contributed by atoms with Crippen LogP contribution in [0.1, 0.15) is 19.4 Å². The van der Waals surface area contributed by atoms with Gasteiger partial charge >= 0.3 is 5.97 Å². The van der Waals surface area contributed by atoms with Crippen LogP contribution in [0.3, 0.4) is 0 Å². The van der Waals surface area contributed by atoms with Crippen LogP contribution in [-0.4, -0.2) is 37.2 Å². The molecule has 0 bridgehead atoms. The fraction of sp³-hybridized carbons (Fsp3) is 0.412. The van der Waals surface area contributed by atoms with Crippen molar-refractivity contribution in [3.63, 3.8) is 0 Å². The van der Waals surface area contributed by atoms with Crippen LogP contribution >= 0.6 is 0 Å². The standard InChI is InChI=1S/C17H22FNO4/c1-4-11-22-13(3)17(21)23-12(2)16(20)19-10-9-14-5-7-15(18)8-6-14/h4-8,12-13H,1,9-11H2,2-3H3,(H,19,20). The summed E-state index contributed by atoms with van der Waals surface area (Å²) in [6.07, 6.45) is 0.411. The molecule has 1 aromatic rings. The zero-order valence-corrected chi connectivity index (χ0v) is 13.4. The molecule has 1 rings (SSSR count). The fourth-order valence-corrected chi connectivity index (χ4v) is 1.73. The molecule has 0 saturated heterocycles. The van der Waals surface area contributed by atoms with Crippen LogP contribution in [-0.2, 0) is 25.5 Å². The van der Waals surface area contributed by atoms with Gasteiger partial charge in [-0.15, -0.1) is 6.58 Å². The lowest BCUT2D eigenvalue weighted by Crippen LogP contribution is -2.39. The Morgan fingerprint density at radius 2 is 1.91 bits per heavy atom. The zero-order valence-electron chi connectivity index (χ0n) is 13.4. The Balaban J connectivity index is 2.31. The first-order chi connectivity index (χ1) is 10.9. The molecule has 1 amide bonds. The third-order valence-electron chi connectivity index (χ3n) is 3.08. The van der Waals surface area contributed by atoms with E-state index in [9.17, 15) is 14.0 Å². The predicted octanol–water partition coefficient (Wildman–Crippen LogP) is 2.01. The van der Waals surface area contributed by atoms with Gasteiger partial charge in [-0.25, -0.2) is 9.18 Å². The minimum atomic E-state index is -0.912. The first-order valence-electron chi connectivity index (χ1n) is 7.39. The van der Waals surface area contributed by atoms with Gasteiger partial charge in [-0.3, -0.25) is 4.79 Å². The van der Waals surface area contributed by atoms with Crippen LogP contribution in [0, 0.1) is 5.82 Å². The van der Waals surface area contributed by atoms with Gasteiger partial charge in [0.15, 0.2) is 12.2 Å². The van der Waals surface area contributed by atoms with Gasteiger partial charge in [0.25, 0.3) is 5.91 Å². The minimum absolute atomic E-state index is 0.231. The van der Waals surface area contributed by atoms with E-state index in [1.807, 2.05) is 0 Å². The predicted molar refractivity (Wildman–Crippen MR) is 84.3 cm³/mol. The molecule has 0 aliphatic rings. The second kappa shape index (κ2) is 9.74. The number of hydrogen-bond acceptors (Lipinski definition) is 4. The van der Waals surface area contributed by atoms with Crippen LogP contribution < -0.4 is 5.32 Å². The molecule has 5 nitrogen and oxygen atoms in total. The number of ether oxygens (including phenoxy) is 2. The van der Waals surface area contributed by atoms with E-state index in [4.69, 9.17) is 9.47 Å². The van der Waals surface area contributed by atoms with Crippen LogP contribution in [0.2, 0.25) is 0 Å². The molecular formula is C17H22FNO4. The fourth-order valence-electron chi connectivity index (χ4n) is 1.73. The van der Waals surface area contributed by atoms with Crippen LogP contribution in [0.5, 0.6) is 0 Å². The Morgan fingerprint density at radius 1 is 1.26 bits per heavy atom. The second-order valence-electron chi connectivity index (χ2n) is 5.01. The Hall–Kier alpha value is -2.21. The zero-order chi connectivity index (χ0) is 17.2. The molecule has 6 heteroatoms. The highest BCUT2D eigenvalue weighted by Crippen LogP contribution is 2.03. The summed E-state index contributed by atoms with van der Waals surface area (Å²) in [4.78, 5) is 23.5. The van der Waals surface area contributed by atoms with Crippen LogP contribution in [0.4, 0.5) is 4.39 Å². The van der Waals surface area contributed by atoms with Gasteiger partial charge in [-0.2, -0.15) is 0 Å². The van der Waals surface area contributed by atoms with Gasteiger partial charge in [-0.1, -0.05) is 18.2 Å². The Kier molecular flexibility index (Phi) is 7.97. The first kappa shape index (κ1) is 18.8. The molecule has 0 aliphatic heterocycles. The summed E-state index contributed by atoms with van der Waals surface area (Å²) in [5.74, 6) is -1.30. The molecule has 0 fully saturated rings. The molecule has 2 unspecified atom stereocenters. The second-order valence-corrected chi connectivity index (χ2v) is 5.01. The maximum atomic E-state index is 12.8. The molecule has 0 heterocycles. The van der Waals surface area contributed by atoms with E-state index >= 15 is 0 Å². The summed E-state index contributed by atoms with van der Waals surface area (Å²) in [6.45, 7) is 7.12. The van der Waals surface area contributed by atoms with E-state index in [1.54, 1.807) is 19.1 Å². The lowest BCUT2D eigenvalue weighted by atomic mass is 10.1. The molecule has 0 aliphatic carbocycles. The molecule has 1 N–H and O–H groups in total. The van der Waals surface area contributed by atoms with Crippen molar-refractivity contribution in [2.24, 2.45) is 0 Å². The van der Waals surface area contributed by atoms with Crippen molar-refractivity contribution in [1.82, 2.24) is 5.32 Å². The van der Waals surface area contributed by atoms with E-state index < -0.39 is 24.1 Å². The van der Waals surface area contributed by atoms with Crippen molar-refractivity contribution in [2.45, 2.75) is 32.5 Å². The number of carbonyl (C=O) groups is 2. The molecule has 1 aromatic carbocycles. The number of carbonyl (C=O) groups excluding carboxylic acids is 2. The lowest BCUT2D eigenvalue weighted by molar-refractivity contribution is -0.164. The summed E-state index contributed by atoms with van der Waals surface area (Å²) in [7, 11) is 0. The summed E-state index contributed by atoms with van der Waals surface area (Å²) in [5.41, 5.74) is 0.905. The number of nitrogens with one attached hydrogen (secondary N) is 1. The summed E-state index contributed by atoms with van der Waals surface area (Å²) in [6, 6.07) is 6.05. The van der Waals surface area contributed by atoms with E-state index in [0.717, 1.165) is 5.56 Å². The average molecular weight is 323 g/mol. The van der Waals surface area contributed by atoms with Gasteiger partial charge in [0.1, 0.15) is 5.82 Å². The summed E-state index contributed by atoms with van der Waals surface area (Å²) < 4.78 is 22.9. The third-order valence-corrected chi connectivity index (χ3v) is 3.08. The van der Waals surface area contributed by atoms with Crippen molar-refractivity contribution in [3.05, 3.63) is 48.3 Å². The van der Waals surface area contributed by atoms with E-state index in [1.165, 1.54) is 25.1 Å². The number of esters is 1. The molecule has 0 saturated carbocycles. The van der Waals surface area contributed by atoms with Crippen LogP contribution in [0.25, 0.3) is 0 Å². The van der Waals surface area contributed by atoms with Gasteiger partial charge in [-0.05, 0) is 38.0 Å². The largest absolute Gasteiger partial charge is 0.451 e. The molecule has 0 spiro atoms. The topological polar surface area (TPSA) is 64.6 Å². The molecule has 23 heavy (non-hydrogen) atoms. The number of rotatable bonds is 9. The molecule has 2 atom stereocenters. The monoisotopic (exact) mass is 323 g/mol. The Morgan fingerprint density at radius 3 is 2.52 bits per heavy atom. The van der Waals surface area contributed by atoms with Gasteiger partial charge in [0, 0.05) is 6.54 Å². The van der Waals surface area contributed by atoms with Crippen molar-refractivity contribution >= 4 is 11.9 Å². The highest BCUT2D eigenvalue weighted by molar-refractivity contribution is 5.84. The molecule has 0 radical (unpaired) electrons. The van der Waals surface area contributed by atoms with Crippen molar-refractivity contribution in [3.8, 4) is 0 Å². The highest BCUT2D eigenvalue weighted by Gasteiger charge is 2.21. The quantitative estimate of drug-likeness (QED) is 0.558. The van der Waals surface area contributed by atoms with Crippen molar-refractivity contribution in [2.75, 3.05) is 13.2 Å². The minimum Gasteiger partial charge on any atom is -0.451 e. The Bertz CT molecular complexity index is 530. The number of amides is 1. The third kappa shape index (κ3) is 7.06.